The van der Waals surface area contributed by atoms with Crippen LogP contribution in [0.1, 0.15) is 44.7 Å². The van der Waals surface area contributed by atoms with Crippen molar-refractivity contribution in [1.29, 1.82) is 0 Å². The molecule has 0 aromatic heterocycles. The summed E-state index contributed by atoms with van der Waals surface area (Å²) in [6.07, 6.45) is 2.39. The zero-order valence-corrected chi connectivity index (χ0v) is 18.0. The number of amides is 2. The van der Waals surface area contributed by atoms with Crippen LogP contribution in [0, 0.1) is 0 Å². The molecular weight excluding hydrogens is 378 g/mol. The number of nitrogens with one attached hydrogen (secondary N) is 1. The van der Waals surface area contributed by atoms with E-state index in [9.17, 15) is 13.2 Å². The van der Waals surface area contributed by atoms with Crippen LogP contribution in [0.2, 0.25) is 0 Å². The molecule has 2 aliphatic heterocycles. The number of methoxy groups -OCH3 is 1. The average Bonchev–Trinajstić information content (AvgIpc) is 3.09. The number of nitrogens with zero attached hydrogens (tertiary/aromatic N) is 2. The third kappa shape index (κ3) is 4.50. The molecule has 0 saturated carbocycles. The molecule has 1 saturated heterocycles. The van der Waals surface area contributed by atoms with Crippen molar-refractivity contribution in [2.75, 3.05) is 26.8 Å². The minimum atomic E-state index is -3.58. The van der Waals surface area contributed by atoms with Gasteiger partial charge in [-0.2, -0.15) is 4.31 Å². The Morgan fingerprint density at radius 2 is 2.00 bits per heavy atom. The molecule has 28 heavy (non-hydrogen) atoms. The number of benzene rings is 1. The summed E-state index contributed by atoms with van der Waals surface area (Å²) in [5, 5.41) is 2.98. The van der Waals surface area contributed by atoms with Gasteiger partial charge in [-0.15, -0.1) is 0 Å². The van der Waals surface area contributed by atoms with Crippen LogP contribution in [-0.4, -0.2) is 62.0 Å². The van der Waals surface area contributed by atoms with E-state index in [0.29, 0.717) is 31.1 Å². The average molecular weight is 410 g/mol. The summed E-state index contributed by atoms with van der Waals surface area (Å²) in [5.41, 5.74) is 1.70. The highest BCUT2D eigenvalue weighted by atomic mass is 32.2. The van der Waals surface area contributed by atoms with Gasteiger partial charge in [0.1, 0.15) is 0 Å². The topological polar surface area (TPSA) is 79.0 Å². The van der Waals surface area contributed by atoms with E-state index in [1.165, 1.54) is 0 Å². The first-order valence-electron chi connectivity index (χ1n) is 9.81. The number of sulfonamides is 1. The third-order valence-corrected chi connectivity index (χ3v) is 7.20. The lowest BCUT2D eigenvalue weighted by Crippen LogP contribution is -2.49. The highest BCUT2D eigenvalue weighted by Crippen LogP contribution is 2.29. The molecule has 0 spiro atoms. The first-order chi connectivity index (χ1) is 13.1. The van der Waals surface area contributed by atoms with Gasteiger partial charge >= 0.3 is 6.03 Å². The summed E-state index contributed by atoms with van der Waals surface area (Å²) < 4.78 is 33.1. The Labute approximate surface area is 168 Å². The number of hydrogen-bond donors (Lipinski definition) is 1. The summed E-state index contributed by atoms with van der Waals surface area (Å²) in [6.45, 7) is 7.81. The molecule has 0 aliphatic carbocycles. The van der Waals surface area contributed by atoms with Crippen molar-refractivity contribution >= 4 is 16.1 Å². The van der Waals surface area contributed by atoms with Crippen LogP contribution >= 0.6 is 0 Å². The second-order valence-corrected chi connectivity index (χ2v) is 10.5. The van der Waals surface area contributed by atoms with Gasteiger partial charge in [-0.1, -0.05) is 6.07 Å². The molecule has 1 aromatic rings. The standard InChI is InChI=1S/C20H31N3O4S/c1-20(2,3)21-19(24)22-11-9-15-7-8-18(12-16(15)13-22)28(25,26)23-10-5-6-17(23)14-27-4/h7-8,12,17H,5-6,9-11,13-14H2,1-4H3,(H,21,24)/t17-/m0/s1. The van der Waals surface area contributed by atoms with E-state index in [0.717, 1.165) is 30.4 Å². The maximum Gasteiger partial charge on any atom is 0.318 e. The molecule has 2 aliphatic rings. The van der Waals surface area contributed by atoms with Crippen LogP contribution in [0.25, 0.3) is 0 Å². The molecule has 8 heteroatoms. The molecule has 156 valence electrons. The highest BCUT2D eigenvalue weighted by Gasteiger charge is 2.36. The van der Waals surface area contributed by atoms with Crippen molar-refractivity contribution in [3.8, 4) is 0 Å². The van der Waals surface area contributed by atoms with Crippen LogP contribution < -0.4 is 5.32 Å². The van der Waals surface area contributed by atoms with Gasteiger partial charge in [0.2, 0.25) is 10.0 Å². The lowest BCUT2D eigenvalue weighted by atomic mass is 10.00. The van der Waals surface area contributed by atoms with Gasteiger partial charge in [-0.25, -0.2) is 13.2 Å². The zero-order chi connectivity index (χ0) is 20.5. The molecule has 1 aromatic carbocycles. The fraction of sp³-hybridized carbons (Fsp3) is 0.650. The second kappa shape index (κ2) is 8.00. The number of carbonyl (C=O) groups excluding carboxylic acids is 1. The van der Waals surface area contributed by atoms with Crippen LogP contribution in [0.4, 0.5) is 4.79 Å². The van der Waals surface area contributed by atoms with Crippen LogP contribution in [0.5, 0.6) is 0 Å². The number of carbonyl (C=O) groups is 1. The van der Waals surface area contributed by atoms with Gasteiger partial charge < -0.3 is 15.0 Å². The number of hydrogen-bond acceptors (Lipinski definition) is 4. The lowest BCUT2D eigenvalue weighted by molar-refractivity contribution is 0.149. The van der Waals surface area contributed by atoms with E-state index in [-0.39, 0.29) is 17.6 Å². The molecule has 2 heterocycles. The highest BCUT2D eigenvalue weighted by molar-refractivity contribution is 7.89. The molecule has 1 atom stereocenters. The first kappa shape index (κ1) is 21.1. The number of ether oxygens (including phenoxy) is 1. The minimum Gasteiger partial charge on any atom is -0.383 e. The Kier molecular flexibility index (Phi) is 6.03. The largest absolute Gasteiger partial charge is 0.383 e. The maximum atomic E-state index is 13.2. The Morgan fingerprint density at radius 3 is 2.68 bits per heavy atom. The summed E-state index contributed by atoms with van der Waals surface area (Å²) in [5.74, 6) is 0. The SMILES string of the molecule is COC[C@@H]1CCCN1S(=O)(=O)c1ccc2c(c1)CN(C(=O)NC(C)(C)C)CC2. The fourth-order valence-corrected chi connectivity index (χ4v) is 5.62. The van der Waals surface area contributed by atoms with Gasteiger partial charge in [0.25, 0.3) is 0 Å². The minimum absolute atomic E-state index is 0.111. The Balaban J connectivity index is 1.81. The van der Waals surface area contributed by atoms with Crippen molar-refractivity contribution in [3.63, 3.8) is 0 Å². The normalized spacial score (nSPS) is 20.9. The van der Waals surface area contributed by atoms with Crippen molar-refractivity contribution in [3.05, 3.63) is 29.3 Å². The molecular formula is C20H31N3O4S. The van der Waals surface area contributed by atoms with Gasteiger partial charge in [0.05, 0.1) is 11.5 Å². The number of fused-ring (bicyclic) bond motifs is 1. The van der Waals surface area contributed by atoms with Crippen molar-refractivity contribution < 1.29 is 17.9 Å². The molecule has 1 N–H and O–H groups in total. The first-order valence-corrected chi connectivity index (χ1v) is 11.3. The summed E-state index contributed by atoms with van der Waals surface area (Å²) >= 11 is 0. The zero-order valence-electron chi connectivity index (χ0n) is 17.2. The molecule has 3 rings (SSSR count). The Bertz CT molecular complexity index is 832. The summed E-state index contributed by atoms with van der Waals surface area (Å²) in [6, 6.07) is 5.10. The smallest absolute Gasteiger partial charge is 0.318 e. The quantitative estimate of drug-likeness (QED) is 0.828. The summed E-state index contributed by atoms with van der Waals surface area (Å²) in [4.78, 5) is 14.5. The maximum absolute atomic E-state index is 13.2. The van der Waals surface area contributed by atoms with Crippen molar-refractivity contribution in [1.82, 2.24) is 14.5 Å². The van der Waals surface area contributed by atoms with Gasteiger partial charge in [0, 0.05) is 38.3 Å². The number of rotatable bonds is 4. The molecule has 2 amide bonds. The fourth-order valence-electron chi connectivity index (χ4n) is 3.89. The lowest BCUT2D eigenvalue weighted by Gasteiger charge is -2.32. The van der Waals surface area contributed by atoms with Crippen molar-refractivity contribution in [2.24, 2.45) is 0 Å². The number of urea groups is 1. The molecule has 0 bridgehead atoms. The molecule has 0 unspecified atom stereocenters. The van der Waals surface area contributed by atoms with Gasteiger partial charge in [0.15, 0.2) is 0 Å². The van der Waals surface area contributed by atoms with Crippen LogP contribution in [0.15, 0.2) is 23.1 Å². The van der Waals surface area contributed by atoms with E-state index in [2.05, 4.69) is 5.32 Å². The predicted molar refractivity (Wildman–Crippen MR) is 108 cm³/mol. The van der Waals surface area contributed by atoms with E-state index in [4.69, 9.17) is 4.74 Å². The van der Waals surface area contributed by atoms with Crippen LogP contribution in [-0.2, 0) is 27.7 Å². The Morgan fingerprint density at radius 1 is 1.25 bits per heavy atom. The third-order valence-electron chi connectivity index (χ3n) is 5.25. The van der Waals surface area contributed by atoms with Gasteiger partial charge in [-0.3, -0.25) is 0 Å². The summed E-state index contributed by atoms with van der Waals surface area (Å²) in [7, 11) is -1.98. The predicted octanol–water partition coefficient (Wildman–Crippen LogP) is 2.35. The van der Waals surface area contributed by atoms with Gasteiger partial charge in [-0.05, 0) is 63.3 Å². The van der Waals surface area contributed by atoms with Crippen molar-refractivity contribution in [2.45, 2.75) is 63.1 Å². The second-order valence-electron chi connectivity index (χ2n) is 8.65. The van der Waals surface area contributed by atoms with Crippen LogP contribution in [0.3, 0.4) is 0 Å². The van der Waals surface area contributed by atoms with E-state index in [1.54, 1.807) is 28.4 Å². The molecule has 7 nitrogen and oxygen atoms in total. The monoisotopic (exact) mass is 409 g/mol. The van der Waals surface area contributed by atoms with E-state index >= 15 is 0 Å². The molecule has 1 fully saturated rings. The molecule has 0 radical (unpaired) electrons. The van der Waals surface area contributed by atoms with E-state index in [1.807, 2.05) is 26.8 Å². The van der Waals surface area contributed by atoms with E-state index < -0.39 is 10.0 Å². The Hall–Kier alpha value is -1.64.